The van der Waals surface area contributed by atoms with Gasteiger partial charge in [-0.2, -0.15) is 0 Å². The molecule has 0 amide bonds. The van der Waals surface area contributed by atoms with Gasteiger partial charge in [-0.05, 0) is 48.5 Å². The van der Waals surface area contributed by atoms with E-state index in [9.17, 15) is 17.6 Å². The Morgan fingerprint density at radius 2 is 1.59 bits per heavy atom. The van der Waals surface area contributed by atoms with Gasteiger partial charge in [-0.1, -0.05) is 0 Å². The Bertz CT molecular complexity index is 770. The molecule has 0 aliphatic rings. The predicted octanol–water partition coefficient (Wildman–Crippen LogP) is 2.44. The summed E-state index contributed by atoms with van der Waals surface area (Å²) in [5, 5.41) is 0. The molecule has 116 valence electrons. The summed E-state index contributed by atoms with van der Waals surface area (Å²) in [7, 11) is -1.15. The highest BCUT2D eigenvalue weighted by Gasteiger charge is 2.21. The highest BCUT2D eigenvalue weighted by atomic mass is 32.2. The van der Waals surface area contributed by atoms with Crippen molar-refractivity contribution in [2.45, 2.75) is 4.90 Å². The van der Waals surface area contributed by atoms with Crippen LogP contribution in [-0.2, 0) is 14.8 Å². The van der Waals surface area contributed by atoms with Crippen LogP contribution in [0.5, 0.6) is 0 Å². The first-order valence-corrected chi connectivity index (χ1v) is 7.73. The molecule has 2 aromatic rings. The minimum absolute atomic E-state index is 0.0200. The van der Waals surface area contributed by atoms with Gasteiger partial charge < -0.3 is 4.74 Å². The van der Waals surface area contributed by atoms with Crippen LogP contribution in [0.25, 0.3) is 0 Å². The molecule has 0 heterocycles. The number of carbonyl (C=O) groups is 1. The second-order valence-electron chi connectivity index (χ2n) is 4.46. The fourth-order valence-corrected chi connectivity index (χ4v) is 3.02. The molecule has 22 heavy (non-hydrogen) atoms. The molecule has 0 bridgehead atoms. The van der Waals surface area contributed by atoms with Crippen molar-refractivity contribution in [2.75, 3.05) is 18.5 Å². The maximum Gasteiger partial charge on any atom is 0.337 e. The van der Waals surface area contributed by atoms with Gasteiger partial charge in [0.2, 0.25) is 0 Å². The van der Waals surface area contributed by atoms with Gasteiger partial charge in [0.15, 0.2) is 0 Å². The summed E-state index contributed by atoms with van der Waals surface area (Å²) in [6, 6.07) is 10.5. The van der Waals surface area contributed by atoms with Crippen LogP contribution in [-0.4, -0.2) is 28.5 Å². The van der Waals surface area contributed by atoms with Crippen molar-refractivity contribution in [1.29, 1.82) is 0 Å². The molecule has 0 aliphatic carbocycles. The zero-order valence-electron chi connectivity index (χ0n) is 12.0. The van der Waals surface area contributed by atoms with Crippen molar-refractivity contribution < 1.29 is 22.3 Å². The fraction of sp³-hybridized carbons (Fsp3) is 0.133. The molecular formula is C15H14FNO4S. The summed E-state index contributed by atoms with van der Waals surface area (Å²) < 4.78 is 43.4. The molecule has 0 fully saturated rings. The third kappa shape index (κ3) is 3.09. The molecule has 0 spiro atoms. The molecular weight excluding hydrogens is 309 g/mol. The molecule has 0 unspecified atom stereocenters. The molecule has 0 N–H and O–H groups in total. The highest BCUT2D eigenvalue weighted by molar-refractivity contribution is 7.92. The number of benzene rings is 2. The standard InChI is InChI=1S/C15H14FNO4S/c1-17(13-7-3-11(4-8-13)15(18)21-2)22(19,20)14-9-5-12(16)6-10-14/h3-10H,1-2H3. The minimum atomic E-state index is -3.80. The van der Waals surface area contributed by atoms with E-state index in [1.807, 2.05) is 0 Å². The number of anilines is 1. The van der Waals surface area contributed by atoms with E-state index in [0.717, 1.165) is 16.4 Å². The minimum Gasteiger partial charge on any atom is -0.465 e. The van der Waals surface area contributed by atoms with Gasteiger partial charge in [-0.25, -0.2) is 17.6 Å². The smallest absolute Gasteiger partial charge is 0.337 e. The third-order valence-electron chi connectivity index (χ3n) is 3.12. The van der Waals surface area contributed by atoms with Crippen molar-refractivity contribution in [2.24, 2.45) is 0 Å². The van der Waals surface area contributed by atoms with E-state index in [1.54, 1.807) is 0 Å². The maximum absolute atomic E-state index is 12.9. The summed E-state index contributed by atoms with van der Waals surface area (Å²) in [6.07, 6.45) is 0. The lowest BCUT2D eigenvalue weighted by Crippen LogP contribution is -2.26. The van der Waals surface area contributed by atoms with Gasteiger partial charge in [-0.15, -0.1) is 0 Å². The Kier molecular flexibility index (Phi) is 4.46. The summed E-state index contributed by atoms with van der Waals surface area (Å²) in [5.74, 6) is -1.01. The molecule has 0 saturated carbocycles. The number of nitrogens with zero attached hydrogens (tertiary/aromatic N) is 1. The molecule has 2 rings (SSSR count). The van der Waals surface area contributed by atoms with Crippen LogP contribution < -0.4 is 4.31 Å². The SMILES string of the molecule is COC(=O)c1ccc(N(C)S(=O)(=O)c2ccc(F)cc2)cc1. The van der Waals surface area contributed by atoms with Gasteiger partial charge in [0, 0.05) is 7.05 Å². The Morgan fingerprint density at radius 3 is 2.09 bits per heavy atom. The van der Waals surface area contributed by atoms with E-state index in [2.05, 4.69) is 4.74 Å². The number of methoxy groups -OCH3 is 1. The van der Waals surface area contributed by atoms with Crippen LogP contribution >= 0.6 is 0 Å². The first kappa shape index (κ1) is 16.0. The second kappa shape index (κ2) is 6.15. The van der Waals surface area contributed by atoms with Gasteiger partial charge in [0.05, 0.1) is 23.3 Å². The van der Waals surface area contributed by atoms with E-state index in [4.69, 9.17) is 0 Å². The average molecular weight is 323 g/mol. The van der Waals surface area contributed by atoms with Crippen molar-refractivity contribution >= 4 is 21.7 Å². The van der Waals surface area contributed by atoms with E-state index in [1.165, 1.54) is 50.6 Å². The molecule has 0 aromatic heterocycles. The number of hydrogen-bond donors (Lipinski definition) is 0. The number of sulfonamides is 1. The fourth-order valence-electron chi connectivity index (χ4n) is 1.83. The second-order valence-corrected chi connectivity index (χ2v) is 6.43. The zero-order chi connectivity index (χ0) is 16.3. The van der Waals surface area contributed by atoms with Crippen LogP contribution in [0, 0.1) is 5.82 Å². The van der Waals surface area contributed by atoms with Crippen molar-refractivity contribution in [3.63, 3.8) is 0 Å². The molecule has 0 aliphatic heterocycles. The van der Waals surface area contributed by atoms with Gasteiger partial charge >= 0.3 is 5.97 Å². The van der Waals surface area contributed by atoms with Crippen LogP contribution in [0.15, 0.2) is 53.4 Å². The lowest BCUT2D eigenvalue weighted by atomic mass is 10.2. The quantitative estimate of drug-likeness (QED) is 0.811. The van der Waals surface area contributed by atoms with E-state index < -0.39 is 21.8 Å². The van der Waals surface area contributed by atoms with E-state index in [0.29, 0.717) is 11.3 Å². The number of hydrogen-bond acceptors (Lipinski definition) is 4. The number of rotatable bonds is 4. The van der Waals surface area contributed by atoms with E-state index >= 15 is 0 Å². The van der Waals surface area contributed by atoms with Crippen molar-refractivity contribution in [1.82, 2.24) is 0 Å². The van der Waals surface area contributed by atoms with E-state index in [-0.39, 0.29) is 4.90 Å². The lowest BCUT2D eigenvalue weighted by Gasteiger charge is -2.19. The summed E-state index contributed by atoms with van der Waals surface area (Å²) in [5.41, 5.74) is 0.691. The predicted molar refractivity (Wildman–Crippen MR) is 79.8 cm³/mol. The van der Waals surface area contributed by atoms with Crippen LogP contribution in [0.3, 0.4) is 0 Å². The topological polar surface area (TPSA) is 63.7 Å². The normalized spacial score (nSPS) is 11.0. The van der Waals surface area contributed by atoms with Crippen LogP contribution in [0.1, 0.15) is 10.4 Å². The summed E-state index contributed by atoms with van der Waals surface area (Å²) >= 11 is 0. The lowest BCUT2D eigenvalue weighted by molar-refractivity contribution is 0.0601. The Hall–Kier alpha value is -2.41. The first-order chi connectivity index (χ1) is 10.4. The van der Waals surface area contributed by atoms with Gasteiger partial charge in [0.1, 0.15) is 5.82 Å². The molecule has 5 nitrogen and oxygen atoms in total. The molecule has 0 atom stereocenters. The monoisotopic (exact) mass is 323 g/mol. The summed E-state index contributed by atoms with van der Waals surface area (Å²) in [4.78, 5) is 11.3. The Morgan fingerprint density at radius 1 is 1.05 bits per heavy atom. The highest BCUT2D eigenvalue weighted by Crippen LogP contribution is 2.22. The summed E-state index contributed by atoms with van der Waals surface area (Å²) in [6.45, 7) is 0. The average Bonchev–Trinajstić information content (AvgIpc) is 2.54. The van der Waals surface area contributed by atoms with Crippen molar-refractivity contribution in [3.8, 4) is 0 Å². The van der Waals surface area contributed by atoms with Crippen LogP contribution in [0.4, 0.5) is 10.1 Å². The zero-order valence-corrected chi connectivity index (χ0v) is 12.8. The molecule has 0 saturated heterocycles. The Labute approximate surface area is 128 Å². The largest absolute Gasteiger partial charge is 0.465 e. The van der Waals surface area contributed by atoms with Crippen molar-refractivity contribution in [3.05, 3.63) is 59.9 Å². The third-order valence-corrected chi connectivity index (χ3v) is 4.92. The van der Waals surface area contributed by atoms with Crippen LogP contribution in [0.2, 0.25) is 0 Å². The first-order valence-electron chi connectivity index (χ1n) is 6.29. The number of halogens is 1. The van der Waals surface area contributed by atoms with Gasteiger partial charge in [-0.3, -0.25) is 4.31 Å². The number of ether oxygens (including phenoxy) is 1. The molecule has 7 heteroatoms. The Balaban J connectivity index is 2.32. The number of carbonyl (C=O) groups excluding carboxylic acids is 1. The van der Waals surface area contributed by atoms with Gasteiger partial charge in [0.25, 0.3) is 10.0 Å². The molecule has 0 radical (unpaired) electrons. The molecule has 2 aromatic carbocycles. The number of esters is 1. The maximum atomic E-state index is 12.9.